The molecule has 0 bridgehead atoms. The second kappa shape index (κ2) is 7.19. The van der Waals surface area contributed by atoms with Crippen molar-refractivity contribution in [1.82, 2.24) is 0 Å². The van der Waals surface area contributed by atoms with E-state index in [-0.39, 0.29) is 5.78 Å². The van der Waals surface area contributed by atoms with E-state index in [1.54, 1.807) is 25.0 Å². The molecule has 0 spiro atoms. The molecule has 23 heavy (non-hydrogen) atoms. The van der Waals surface area contributed by atoms with Crippen molar-refractivity contribution in [3.05, 3.63) is 97.3 Å². The maximum absolute atomic E-state index is 12.0. The predicted octanol–water partition coefficient (Wildman–Crippen LogP) is 4.15. The van der Waals surface area contributed by atoms with Crippen LogP contribution in [0.3, 0.4) is 0 Å². The molecule has 1 aliphatic rings. The minimum atomic E-state index is -0.0108. The van der Waals surface area contributed by atoms with Crippen molar-refractivity contribution in [2.45, 2.75) is 0 Å². The van der Waals surface area contributed by atoms with Crippen molar-refractivity contribution in [1.29, 1.82) is 0 Å². The van der Waals surface area contributed by atoms with Crippen LogP contribution in [0.15, 0.2) is 54.6 Å². The molecule has 1 saturated carbocycles. The van der Waals surface area contributed by atoms with Gasteiger partial charge in [-0.2, -0.15) is 0 Å². The molecule has 0 unspecified atom stereocenters. The van der Waals surface area contributed by atoms with Gasteiger partial charge in [-0.25, -0.2) is 0 Å². The number of aldehydes is 1. The molecule has 1 aliphatic carbocycles. The summed E-state index contributed by atoms with van der Waals surface area (Å²) in [7, 11) is 0. The average molecular weight is 299 g/mol. The maximum atomic E-state index is 12.0. The molecule has 0 N–H and O–H groups in total. The van der Waals surface area contributed by atoms with Crippen molar-refractivity contribution < 1.29 is 9.59 Å². The van der Waals surface area contributed by atoms with Crippen LogP contribution in [0.1, 0.15) is 15.9 Å². The Hall–Kier alpha value is -2.48. The van der Waals surface area contributed by atoms with Crippen LogP contribution < -0.4 is 0 Å². The number of ketones is 1. The minimum absolute atomic E-state index is 0.0108. The normalized spacial score (nSPS) is 15.1. The van der Waals surface area contributed by atoms with Crippen molar-refractivity contribution >= 4 is 18.1 Å². The lowest BCUT2D eigenvalue weighted by atomic mass is 9.99. The van der Waals surface area contributed by atoms with Gasteiger partial charge < -0.3 is 0 Å². The molecule has 1 fully saturated rings. The van der Waals surface area contributed by atoms with Crippen LogP contribution in [0.4, 0.5) is 0 Å². The van der Waals surface area contributed by atoms with E-state index in [1.807, 2.05) is 61.4 Å². The molecule has 111 valence electrons. The van der Waals surface area contributed by atoms with Gasteiger partial charge >= 0.3 is 0 Å². The molecule has 0 atom stereocenters. The van der Waals surface area contributed by atoms with Gasteiger partial charge in [-0.05, 0) is 60.6 Å². The van der Waals surface area contributed by atoms with Gasteiger partial charge in [-0.3, -0.25) is 9.59 Å². The third-order valence-corrected chi connectivity index (χ3v) is 3.62. The Kier molecular flexibility index (Phi) is 4.82. The van der Waals surface area contributed by atoms with E-state index in [0.717, 1.165) is 23.0 Å². The molecule has 0 heterocycles. The van der Waals surface area contributed by atoms with Crippen molar-refractivity contribution in [3.8, 4) is 11.1 Å². The van der Waals surface area contributed by atoms with Gasteiger partial charge in [-0.1, -0.05) is 42.5 Å². The first-order chi connectivity index (χ1) is 11.3. The summed E-state index contributed by atoms with van der Waals surface area (Å²) < 4.78 is 0. The topological polar surface area (TPSA) is 34.1 Å². The standard InChI is InChI=1S/C21H15O2/c22-15-17-6-4-10-20(14-17)19-9-3-5-16(13-19)11-12-21(23)18-7-1-2-8-18/h1-15H/b12-11+. The summed E-state index contributed by atoms with van der Waals surface area (Å²) in [6, 6.07) is 15.3. The quantitative estimate of drug-likeness (QED) is 0.614. The maximum Gasteiger partial charge on any atom is 0.163 e. The largest absolute Gasteiger partial charge is 0.298 e. The van der Waals surface area contributed by atoms with E-state index in [0.29, 0.717) is 11.5 Å². The summed E-state index contributed by atoms with van der Waals surface area (Å²) in [6.07, 6.45) is 11.5. The fourth-order valence-corrected chi connectivity index (χ4v) is 2.42. The Morgan fingerprint density at radius 3 is 2.09 bits per heavy atom. The number of hydrogen-bond acceptors (Lipinski definition) is 2. The second-order valence-corrected chi connectivity index (χ2v) is 5.24. The summed E-state index contributed by atoms with van der Waals surface area (Å²) in [5.41, 5.74) is 3.58. The molecule has 0 amide bonds. The number of rotatable bonds is 5. The highest BCUT2D eigenvalue weighted by Crippen LogP contribution is 2.25. The zero-order valence-corrected chi connectivity index (χ0v) is 12.5. The zero-order chi connectivity index (χ0) is 16.1. The molecule has 0 aliphatic heterocycles. The van der Waals surface area contributed by atoms with Gasteiger partial charge in [0.1, 0.15) is 6.29 Å². The van der Waals surface area contributed by atoms with Crippen LogP contribution in [0.5, 0.6) is 0 Å². The second-order valence-electron chi connectivity index (χ2n) is 5.24. The summed E-state index contributed by atoms with van der Waals surface area (Å²) in [5, 5.41) is 0. The average Bonchev–Trinajstić information content (AvgIpc) is 3.15. The number of carbonyl (C=O) groups is 2. The smallest absolute Gasteiger partial charge is 0.163 e. The van der Waals surface area contributed by atoms with Crippen molar-refractivity contribution in [3.63, 3.8) is 0 Å². The number of allylic oxidation sites excluding steroid dienone is 1. The van der Waals surface area contributed by atoms with E-state index in [4.69, 9.17) is 0 Å². The van der Waals surface area contributed by atoms with Gasteiger partial charge in [0.15, 0.2) is 5.78 Å². The Morgan fingerprint density at radius 2 is 1.43 bits per heavy atom. The van der Waals surface area contributed by atoms with Crippen LogP contribution >= 0.6 is 0 Å². The number of carbonyl (C=O) groups excluding carboxylic acids is 2. The Bertz CT molecular complexity index is 737. The van der Waals surface area contributed by atoms with E-state index in [2.05, 4.69) is 0 Å². The van der Waals surface area contributed by atoms with Gasteiger partial charge in [0.05, 0.1) is 5.92 Å². The first-order valence-electron chi connectivity index (χ1n) is 7.36. The Morgan fingerprint density at radius 1 is 0.826 bits per heavy atom. The number of benzene rings is 2. The highest BCUT2D eigenvalue weighted by Gasteiger charge is 2.22. The Balaban J connectivity index is 1.79. The lowest BCUT2D eigenvalue weighted by molar-refractivity contribution is -0.112. The van der Waals surface area contributed by atoms with Gasteiger partial charge in [0.2, 0.25) is 0 Å². The molecule has 0 saturated heterocycles. The lowest BCUT2D eigenvalue weighted by Gasteiger charge is -2.04. The Labute approximate surface area is 136 Å². The van der Waals surface area contributed by atoms with Gasteiger partial charge in [-0.15, -0.1) is 0 Å². The van der Waals surface area contributed by atoms with E-state index in [9.17, 15) is 9.59 Å². The van der Waals surface area contributed by atoms with Crippen LogP contribution in [0.2, 0.25) is 0 Å². The van der Waals surface area contributed by atoms with E-state index < -0.39 is 0 Å². The summed E-state index contributed by atoms with van der Waals surface area (Å²) in [5.74, 6) is 0.680. The molecule has 2 aromatic carbocycles. The van der Waals surface area contributed by atoms with Crippen LogP contribution in [0.25, 0.3) is 17.2 Å². The molecule has 0 aromatic heterocycles. The lowest BCUT2D eigenvalue weighted by Crippen LogP contribution is -2.05. The van der Waals surface area contributed by atoms with E-state index >= 15 is 0 Å². The van der Waals surface area contributed by atoms with Crippen LogP contribution in [-0.4, -0.2) is 12.1 Å². The molecular formula is C21H15O2. The fourth-order valence-electron chi connectivity index (χ4n) is 2.42. The molecule has 3 rings (SSSR count). The molecular weight excluding hydrogens is 284 g/mol. The summed E-state index contributed by atoms with van der Waals surface area (Å²) in [6.45, 7) is 0. The molecule has 2 heteroatoms. The highest BCUT2D eigenvalue weighted by atomic mass is 16.1. The first-order valence-corrected chi connectivity index (χ1v) is 7.36. The summed E-state index contributed by atoms with van der Waals surface area (Å²) in [4.78, 5) is 22.9. The fraction of sp³-hybridized carbons (Fsp3) is 0. The van der Waals surface area contributed by atoms with Gasteiger partial charge in [0, 0.05) is 5.56 Å². The van der Waals surface area contributed by atoms with E-state index in [1.165, 1.54) is 0 Å². The minimum Gasteiger partial charge on any atom is -0.298 e. The van der Waals surface area contributed by atoms with Crippen molar-refractivity contribution in [2.75, 3.05) is 0 Å². The SMILES string of the molecule is O=Cc1cccc(-c2cccc(/C=C/C(=O)[C]3[CH][CH][CH][CH]3)c2)c1. The third-order valence-electron chi connectivity index (χ3n) is 3.62. The predicted molar refractivity (Wildman–Crippen MR) is 91.7 cm³/mol. The van der Waals surface area contributed by atoms with Crippen molar-refractivity contribution in [2.24, 2.45) is 0 Å². The third kappa shape index (κ3) is 3.84. The summed E-state index contributed by atoms with van der Waals surface area (Å²) >= 11 is 0. The number of hydrogen-bond donors (Lipinski definition) is 0. The zero-order valence-electron chi connectivity index (χ0n) is 12.5. The van der Waals surface area contributed by atoms with Crippen LogP contribution in [-0.2, 0) is 4.79 Å². The van der Waals surface area contributed by atoms with Gasteiger partial charge in [0.25, 0.3) is 0 Å². The highest BCUT2D eigenvalue weighted by molar-refractivity contribution is 6.07. The monoisotopic (exact) mass is 299 g/mol. The molecule has 2 nitrogen and oxygen atoms in total. The molecule has 2 aromatic rings. The van der Waals surface area contributed by atoms with Crippen LogP contribution in [0, 0.1) is 31.6 Å². The molecule has 5 radical (unpaired) electrons. The first kappa shape index (κ1) is 15.4.